The molecule has 0 radical (unpaired) electrons. The standard InChI is InChI=1S/C12H11ClN2O3S2/c1-20(17,18)15-8-4-5-9(13)10(7-8)14-12(16)11-3-2-6-19-11/h2-7,15H,1H3,(H,14,16). The normalized spacial score (nSPS) is 11.1. The van der Waals surface area contributed by atoms with Gasteiger partial charge in [0, 0.05) is 0 Å². The molecule has 0 atom stereocenters. The molecule has 1 heterocycles. The maximum Gasteiger partial charge on any atom is 0.265 e. The van der Waals surface area contributed by atoms with Crippen LogP contribution in [-0.2, 0) is 10.0 Å². The van der Waals surface area contributed by atoms with Crippen LogP contribution in [0.5, 0.6) is 0 Å². The molecular formula is C12H11ClN2O3S2. The fraction of sp³-hybridized carbons (Fsp3) is 0.0833. The number of hydrogen-bond acceptors (Lipinski definition) is 4. The summed E-state index contributed by atoms with van der Waals surface area (Å²) in [6, 6.07) is 7.95. The van der Waals surface area contributed by atoms with E-state index < -0.39 is 10.0 Å². The summed E-state index contributed by atoms with van der Waals surface area (Å²) in [7, 11) is -3.38. The van der Waals surface area contributed by atoms with Crippen LogP contribution in [0.15, 0.2) is 35.7 Å². The van der Waals surface area contributed by atoms with Crippen molar-refractivity contribution in [2.75, 3.05) is 16.3 Å². The molecule has 2 N–H and O–H groups in total. The summed E-state index contributed by atoms with van der Waals surface area (Å²) >= 11 is 7.29. The largest absolute Gasteiger partial charge is 0.320 e. The van der Waals surface area contributed by atoms with E-state index in [2.05, 4.69) is 10.0 Å². The number of carbonyl (C=O) groups excluding carboxylic acids is 1. The van der Waals surface area contributed by atoms with Crippen LogP contribution in [0, 0.1) is 0 Å². The Morgan fingerprint density at radius 2 is 2.05 bits per heavy atom. The Kier molecular flexibility index (Phi) is 4.32. The number of benzene rings is 1. The van der Waals surface area contributed by atoms with Crippen molar-refractivity contribution < 1.29 is 13.2 Å². The third kappa shape index (κ3) is 3.96. The van der Waals surface area contributed by atoms with Crippen LogP contribution in [0.4, 0.5) is 11.4 Å². The van der Waals surface area contributed by atoms with Crippen molar-refractivity contribution in [3.05, 3.63) is 45.6 Å². The molecule has 8 heteroatoms. The van der Waals surface area contributed by atoms with Crippen LogP contribution in [0.3, 0.4) is 0 Å². The van der Waals surface area contributed by atoms with Crippen LogP contribution in [0.25, 0.3) is 0 Å². The summed E-state index contributed by atoms with van der Waals surface area (Å²) in [6.45, 7) is 0. The highest BCUT2D eigenvalue weighted by molar-refractivity contribution is 7.92. The van der Waals surface area contributed by atoms with Crippen molar-refractivity contribution in [1.82, 2.24) is 0 Å². The van der Waals surface area contributed by atoms with Gasteiger partial charge in [-0.1, -0.05) is 17.7 Å². The monoisotopic (exact) mass is 330 g/mol. The van der Waals surface area contributed by atoms with Gasteiger partial charge in [-0.15, -0.1) is 11.3 Å². The lowest BCUT2D eigenvalue weighted by atomic mass is 10.2. The molecule has 106 valence electrons. The Morgan fingerprint density at radius 3 is 2.65 bits per heavy atom. The number of hydrogen-bond donors (Lipinski definition) is 2. The minimum atomic E-state index is -3.38. The van der Waals surface area contributed by atoms with Gasteiger partial charge in [0.05, 0.1) is 27.5 Å². The molecule has 0 aliphatic rings. The third-order valence-corrected chi connectivity index (χ3v) is 4.07. The number of anilines is 2. The second-order valence-corrected chi connectivity index (χ2v) is 7.10. The van der Waals surface area contributed by atoms with E-state index in [1.54, 1.807) is 17.5 Å². The van der Waals surface area contributed by atoms with E-state index in [-0.39, 0.29) is 5.91 Å². The minimum absolute atomic E-state index is 0.293. The molecule has 20 heavy (non-hydrogen) atoms. The lowest BCUT2D eigenvalue weighted by Gasteiger charge is -2.09. The summed E-state index contributed by atoms with van der Waals surface area (Å²) < 4.78 is 24.7. The van der Waals surface area contributed by atoms with Gasteiger partial charge in [0.2, 0.25) is 10.0 Å². The fourth-order valence-electron chi connectivity index (χ4n) is 1.49. The van der Waals surface area contributed by atoms with Crippen molar-refractivity contribution >= 4 is 50.2 Å². The molecule has 0 spiro atoms. The minimum Gasteiger partial charge on any atom is -0.320 e. The van der Waals surface area contributed by atoms with E-state index in [9.17, 15) is 13.2 Å². The molecule has 5 nitrogen and oxygen atoms in total. The maximum atomic E-state index is 11.9. The van der Waals surface area contributed by atoms with E-state index in [1.165, 1.54) is 29.5 Å². The highest BCUT2D eigenvalue weighted by Gasteiger charge is 2.11. The van der Waals surface area contributed by atoms with Crippen molar-refractivity contribution in [2.24, 2.45) is 0 Å². The van der Waals surface area contributed by atoms with Crippen LogP contribution in [-0.4, -0.2) is 20.6 Å². The third-order valence-electron chi connectivity index (χ3n) is 2.26. The average Bonchev–Trinajstić information content (AvgIpc) is 2.85. The van der Waals surface area contributed by atoms with Gasteiger partial charge in [-0.3, -0.25) is 9.52 Å². The summed E-state index contributed by atoms with van der Waals surface area (Å²) in [5, 5.41) is 4.76. The Balaban J connectivity index is 2.23. The lowest BCUT2D eigenvalue weighted by molar-refractivity contribution is 0.103. The van der Waals surface area contributed by atoms with Crippen molar-refractivity contribution in [3.63, 3.8) is 0 Å². The van der Waals surface area contributed by atoms with Crippen molar-refractivity contribution in [3.8, 4) is 0 Å². The van der Waals surface area contributed by atoms with Crippen molar-refractivity contribution in [1.29, 1.82) is 0 Å². The van der Waals surface area contributed by atoms with Gasteiger partial charge in [-0.2, -0.15) is 0 Å². The molecule has 0 saturated heterocycles. The zero-order valence-corrected chi connectivity index (χ0v) is 12.8. The zero-order valence-electron chi connectivity index (χ0n) is 10.4. The molecule has 0 fully saturated rings. The molecule has 0 saturated carbocycles. The molecule has 0 aliphatic heterocycles. The van der Waals surface area contributed by atoms with Gasteiger partial charge in [0.25, 0.3) is 5.91 Å². The van der Waals surface area contributed by atoms with E-state index >= 15 is 0 Å². The SMILES string of the molecule is CS(=O)(=O)Nc1ccc(Cl)c(NC(=O)c2cccs2)c1. The first-order valence-corrected chi connectivity index (χ1v) is 8.62. The molecule has 0 bridgehead atoms. The number of sulfonamides is 1. The number of amides is 1. The predicted molar refractivity (Wildman–Crippen MR) is 82.2 cm³/mol. The molecule has 0 aliphatic carbocycles. The van der Waals surface area contributed by atoms with E-state index in [0.29, 0.717) is 21.3 Å². The van der Waals surface area contributed by atoms with E-state index in [0.717, 1.165) is 6.26 Å². The van der Waals surface area contributed by atoms with Gasteiger partial charge in [-0.25, -0.2) is 8.42 Å². The molecule has 2 rings (SSSR count). The molecule has 1 aromatic carbocycles. The van der Waals surface area contributed by atoms with Crippen molar-refractivity contribution in [2.45, 2.75) is 0 Å². The molecule has 1 aromatic heterocycles. The molecule has 2 aromatic rings. The number of halogens is 1. The summed E-state index contributed by atoms with van der Waals surface area (Å²) in [5.41, 5.74) is 0.678. The quantitative estimate of drug-likeness (QED) is 0.904. The fourth-order valence-corrected chi connectivity index (χ4v) is 2.83. The first kappa shape index (κ1) is 14.8. The lowest BCUT2D eigenvalue weighted by Crippen LogP contribution is -2.12. The van der Waals surface area contributed by atoms with Gasteiger partial charge >= 0.3 is 0 Å². The van der Waals surface area contributed by atoms with Crippen LogP contribution in [0.2, 0.25) is 5.02 Å². The number of rotatable bonds is 4. The van der Waals surface area contributed by atoms with Crippen LogP contribution >= 0.6 is 22.9 Å². The second-order valence-electron chi connectivity index (χ2n) is 4.00. The number of carbonyl (C=O) groups is 1. The predicted octanol–water partition coefficient (Wildman–Crippen LogP) is 3.03. The van der Waals surface area contributed by atoms with E-state index in [4.69, 9.17) is 11.6 Å². The van der Waals surface area contributed by atoms with E-state index in [1.807, 2.05) is 0 Å². The Labute approximate surface area is 125 Å². The van der Waals surface area contributed by atoms with Gasteiger partial charge in [-0.05, 0) is 29.6 Å². The molecular weight excluding hydrogens is 320 g/mol. The Bertz CT molecular complexity index is 727. The smallest absolute Gasteiger partial charge is 0.265 e. The van der Waals surface area contributed by atoms with Crippen LogP contribution < -0.4 is 10.0 Å². The Morgan fingerprint density at radius 1 is 1.30 bits per heavy atom. The Hall–Kier alpha value is -1.57. The topological polar surface area (TPSA) is 75.3 Å². The molecule has 0 unspecified atom stereocenters. The maximum absolute atomic E-state index is 11.9. The number of thiophene rings is 1. The van der Waals surface area contributed by atoms with Gasteiger partial charge < -0.3 is 5.32 Å². The van der Waals surface area contributed by atoms with Gasteiger partial charge in [0.15, 0.2) is 0 Å². The first-order chi connectivity index (χ1) is 9.35. The zero-order chi connectivity index (χ0) is 14.8. The average molecular weight is 331 g/mol. The van der Waals surface area contributed by atoms with Gasteiger partial charge in [0.1, 0.15) is 0 Å². The molecule has 1 amide bonds. The summed E-state index contributed by atoms with van der Waals surface area (Å²) in [4.78, 5) is 12.5. The van der Waals surface area contributed by atoms with Crippen LogP contribution in [0.1, 0.15) is 9.67 Å². The second kappa shape index (κ2) is 5.82. The first-order valence-electron chi connectivity index (χ1n) is 5.47. The highest BCUT2D eigenvalue weighted by atomic mass is 35.5. The summed E-state index contributed by atoms with van der Waals surface area (Å²) in [5.74, 6) is -0.293. The summed E-state index contributed by atoms with van der Waals surface area (Å²) in [6.07, 6.45) is 1.05. The highest BCUT2D eigenvalue weighted by Crippen LogP contribution is 2.26. The number of nitrogens with one attached hydrogen (secondary N) is 2.